The van der Waals surface area contributed by atoms with Crippen molar-refractivity contribution in [2.75, 3.05) is 6.54 Å². The molecule has 0 saturated carbocycles. The van der Waals surface area contributed by atoms with Crippen LogP contribution in [-0.2, 0) is 11.8 Å². The second kappa shape index (κ2) is 5.97. The van der Waals surface area contributed by atoms with Gasteiger partial charge in [-0.3, -0.25) is 9.48 Å². The molecule has 18 heavy (non-hydrogen) atoms. The average molecular weight is 255 g/mol. The Kier molecular flexibility index (Phi) is 4.86. The van der Waals surface area contributed by atoms with Gasteiger partial charge in [-0.15, -0.1) is 0 Å². The first-order valence-corrected chi connectivity index (χ1v) is 5.95. The Bertz CT molecular complexity index is 428. The topological polar surface area (TPSA) is 87.4 Å². The molecule has 0 aliphatic carbocycles. The van der Waals surface area contributed by atoms with E-state index in [-0.39, 0.29) is 5.91 Å². The smallest absolute Gasteiger partial charge is 0.216 e. The Balaban J connectivity index is 2.68. The van der Waals surface area contributed by atoms with E-state index in [0.717, 1.165) is 5.69 Å². The predicted molar refractivity (Wildman–Crippen MR) is 66.9 cm³/mol. The third-order valence-electron chi connectivity index (χ3n) is 3.04. The average Bonchev–Trinajstić information content (AvgIpc) is 2.51. The summed E-state index contributed by atoms with van der Waals surface area (Å²) in [6.45, 7) is 5.40. The Hall–Kier alpha value is -1.40. The number of aliphatic hydroxyl groups excluding tert-OH is 2. The third-order valence-corrected chi connectivity index (χ3v) is 3.04. The van der Waals surface area contributed by atoms with Crippen molar-refractivity contribution in [3.05, 3.63) is 17.0 Å². The monoisotopic (exact) mass is 255 g/mol. The predicted octanol–water partition coefficient (Wildman–Crippen LogP) is -0.0426. The van der Waals surface area contributed by atoms with Crippen LogP contribution in [0.15, 0.2) is 0 Å². The van der Waals surface area contributed by atoms with Crippen LogP contribution < -0.4 is 5.32 Å². The minimum absolute atomic E-state index is 0.148. The van der Waals surface area contributed by atoms with Gasteiger partial charge in [-0.1, -0.05) is 0 Å². The van der Waals surface area contributed by atoms with Gasteiger partial charge in [0.1, 0.15) is 6.10 Å². The van der Waals surface area contributed by atoms with E-state index < -0.39 is 12.2 Å². The zero-order chi connectivity index (χ0) is 13.9. The van der Waals surface area contributed by atoms with E-state index >= 15 is 0 Å². The molecular weight excluding hydrogens is 234 g/mol. The first-order chi connectivity index (χ1) is 8.34. The highest BCUT2D eigenvalue weighted by Gasteiger charge is 2.24. The molecule has 2 unspecified atom stereocenters. The Morgan fingerprint density at radius 1 is 1.44 bits per heavy atom. The highest BCUT2D eigenvalue weighted by Crippen LogP contribution is 2.24. The Labute approximate surface area is 107 Å². The van der Waals surface area contributed by atoms with Crippen LogP contribution in [-0.4, -0.2) is 38.5 Å². The lowest BCUT2D eigenvalue weighted by molar-refractivity contribution is -0.119. The molecule has 102 valence electrons. The van der Waals surface area contributed by atoms with Gasteiger partial charge in [0.2, 0.25) is 5.91 Å². The molecule has 0 aliphatic heterocycles. The summed E-state index contributed by atoms with van der Waals surface area (Å²) in [5.41, 5.74) is 2.20. The lowest BCUT2D eigenvalue weighted by atomic mass is 10.0. The molecule has 0 spiro atoms. The summed E-state index contributed by atoms with van der Waals surface area (Å²) in [4.78, 5) is 10.7. The molecule has 0 saturated heterocycles. The number of aromatic nitrogens is 2. The van der Waals surface area contributed by atoms with Crippen LogP contribution in [0.25, 0.3) is 0 Å². The second-order valence-electron chi connectivity index (χ2n) is 4.49. The van der Waals surface area contributed by atoms with Gasteiger partial charge in [0, 0.05) is 31.8 Å². The number of aryl methyl sites for hydroxylation is 2. The van der Waals surface area contributed by atoms with Crippen molar-refractivity contribution in [1.82, 2.24) is 15.1 Å². The van der Waals surface area contributed by atoms with Gasteiger partial charge in [0.25, 0.3) is 0 Å². The minimum Gasteiger partial charge on any atom is -0.390 e. The zero-order valence-corrected chi connectivity index (χ0v) is 11.3. The third kappa shape index (κ3) is 3.30. The zero-order valence-electron chi connectivity index (χ0n) is 11.3. The Morgan fingerprint density at radius 2 is 2.06 bits per heavy atom. The lowest BCUT2D eigenvalue weighted by Crippen LogP contribution is -2.28. The van der Waals surface area contributed by atoms with E-state index in [1.165, 1.54) is 6.92 Å². The summed E-state index contributed by atoms with van der Waals surface area (Å²) < 4.78 is 1.68. The number of hydrogen-bond acceptors (Lipinski definition) is 4. The van der Waals surface area contributed by atoms with Crippen molar-refractivity contribution in [1.29, 1.82) is 0 Å². The van der Waals surface area contributed by atoms with Gasteiger partial charge < -0.3 is 15.5 Å². The van der Waals surface area contributed by atoms with Crippen LogP contribution in [0.2, 0.25) is 0 Å². The van der Waals surface area contributed by atoms with Crippen LogP contribution in [0.3, 0.4) is 0 Å². The lowest BCUT2D eigenvalue weighted by Gasteiger charge is -2.18. The Morgan fingerprint density at radius 3 is 2.50 bits per heavy atom. The largest absolute Gasteiger partial charge is 0.390 e. The van der Waals surface area contributed by atoms with Crippen LogP contribution in [0.1, 0.15) is 36.4 Å². The van der Waals surface area contributed by atoms with Gasteiger partial charge in [-0.25, -0.2) is 0 Å². The summed E-state index contributed by atoms with van der Waals surface area (Å²) in [6.07, 6.45) is -1.60. The number of aliphatic hydroxyl groups is 2. The summed E-state index contributed by atoms with van der Waals surface area (Å²) >= 11 is 0. The van der Waals surface area contributed by atoms with Crippen LogP contribution in [0, 0.1) is 13.8 Å². The molecule has 1 amide bonds. The van der Waals surface area contributed by atoms with Gasteiger partial charge in [-0.05, 0) is 20.3 Å². The molecule has 0 aromatic carbocycles. The number of carbonyl (C=O) groups is 1. The standard InChI is InChI=1S/C12H21N3O3/c1-7-11(8(2)15(4)14-7)12(18)10(17)5-6-13-9(3)16/h10,12,17-18H,5-6H2,1-4H3,(H,13,16). The number of amides is 1. The maximum absolute atomic E-state index is 10.7. The van der Waals surface area contributed by atoms with Gasteiger partial charge in [-0.2, -0.15) is 5.10 Å². The van der Waals surface area contributed by atoms with Gasteiger partial charge in [0.15, 0.2) is 0 Å². The van der Waals surface area contributed by atoms with E-state index in [9.17, 15) is 15.0 Å². The van der Waals surface area contributed by atoms with E-state index in [4.69, 9.17) is 0 Å². The van der Waals surface area contributed by atoms with Crippen molar-refractivity contribution in [2.24, 2.45) is 7.05 Å². The van der Waals surface area contributed by atoms with Gasteiger partial charge >= 0.3 is 0 Å². The summed E-state index contributed by atoms with van der Waals surface area (Å²) in [5.74, 6) is -0.148. The minimum atomic E-state index is -0.979. The molecule has 2 atom stereocenters. The van der Waals surface area contributed by atoms with Crippen molar-refractivity contribution in [2.45, 2.75) is 39.4 Å². The fourth-order valence-electron chi connectivity index (χ4n) is 1.96. The molecular formula is C12H21N3O3. The fourth-order valence-corrected chi connectivity index (χ4v) is 1.96. The molecule has 1 aromatic heterocycles. The first-order valence-electron chi connectivity index (χ1n) is 5.95. The highest BCUT2D eigenvalue weighted by molar-refractivity contribution is 5.72. The van der Waals surface area contributed by atoms with E-state index in [1.807, 2.05) is 6.92 Å². The fraction of sp³-hybridized carbons (Fsp3) is 0.667. The molecule has 6 nitrogen and oxygen atoms in total. The molecule has 1 heterocycles. The molecule has 1 rings (SSSR count). The van der Waals surface area contributed by atoms with Crippen molar-refractivity contribution in [3.8, 4) is 0 Å². The molecule has 0 aliphatic rings. The number of nitrogens with one attached hydrogen (secondary N) is 1. The molecule has 0 bridgehead atoms. The number of rotatable bonds is 5. The van der Waals surface area contributed by atoms with Crippen molar-refractivity contribution in [3.63, 3.8) is 0 Å². The van der Waals surface area contributed by atoms with Crippen LogP contribution >= 0.6 is 0 Å². The molecule has 6 heteroatoms. The van der Waals surface area contributed by atoms with E-state index in [2.05, 4.69) is 10.4 Å². The van der Waals surface area contributed by atoms with Gasteiger partial charge in [0.05, 0.1) is 11.8 Å². The molecule has 0 radical (unpaired) electrons. The number of nitrogens with zero attached hydrogens (tertiary/aromatic N) is 2. The number of hydrogen-bond donors (Lipinski definition) is 3. The van der Waals surface area contributed by atoms with Crippen molar-refractivity contribution >= 4 is 5.91 Å². The number of carbonyl (C=O) groups excluding carboxylic acids is 1. The molecule has 1 aromatic rings. The highest BCUT2D eigenvalue weighted by atomic mass is 16.3. The second-order valence-corrected chi connectivity index (χ2v) is 4.49. The molecule has 0 fully saturated rings. The summed E-state index contributed by atoms with van der Waals surface area (Å²) in [6, 6.07) is 0. The van der Waals surface area contributed by atoms with E-state index in [0.29, 0.717) is 24.2 Å². The quantitative estimate of drug-likeness (QED) is 0.689. The molecule has 3 N–H and O–H groups in total. The summed E-state index contributed by atoms with van der Waals surface area (Å²) in [5, 5.41) is 26.8. The van der Waals surface area contributed by atoms with E-state index in [1.54, 1.807) is 18.7 Å². The maximum Gasteiger partial charge on any atom is 0.216 e. The first kappa shape index (κ1) is 14.7. The normalized spacial score (nSPS) is 14.3. The SMILES string of the molecule is CC(=O)NCCC(O)C(O)c1c(C)nn(C)c1C. The maximum atomic E-state index is 10.7. The van der Waals surface area contributed by atoms with Crippen LogP contribution in [0.4, 0.5) is 0 Å². The summed E-state index contributed by atoms with van der Waals surface area (Å²) in [7, 11) is 1.79. The van der Waals surface area contributed by atoms with Crippen molar-refractivity contribution < 1.29 is 15.0 Å². The van der Waals surface area contributed by atoms with Crippen LogP contribution in [0.5, 0.6) is 0 Å².